The number of anilines is 1. The molecule has 0 saturated heterocycles. The lowest BCUT2D eigenvalue weighted by molar-refractivity contribution is -0.136. The second-order valence-corrected chi connectivity index (χ2v) is 8.38. The maximum Gasteiger partial charge on any atom is 0.324 e. The minimum Gasteiger partial charge on any atom is -0.497 e. The van der Waals surface area contributed by atoms with Gasteiger partial charge >= 0.3 is 11.9 Å². The summed E-state index contributed by atoms with van der Waals surface area (Å²) in [6, 6.07) is 11.7. The van der Waals surface area contributed by atoms with Gasteiger partial charge in [0.25, 0.3) is 10.0 Å². The predicted molar refractivity (Wildman–Crippen MR) is 111 cm³/mol. The lowest BCUT2D eigenvalue weighted by atomic mass is 10.2. The fourth-order valence-corrected chi connectivity index (χ4v) is 4.34. The number of carbonyl (C=O) groups is 2. The van der Waals surface area contributed by atoms with Crippen LogP contribution in [0.1, 0.15) is 5.76 Å². The number of ether oxygens (including phenoxy) is 1. The molecule has 164 valence electrons. The van der Waals surface area contributed by atoms with Gasteiger partial charge in [0.2, 0.25) is 0 Å². The Hall–Kier alpha value is -3.57. The van der Waals surface area contributed by atoms with E-state index < -0.39 is 28.5 Å². The molecule has 31 heavy (non-hydrogen) atoms. The van der Waals surface area contributed by atoms with Crippen LogP contribution in [0.2, 0.25) is 0 Å². The maximum absolute atomic E-state index is 13.1. The predicted octanol–water partition coefficient (Wildman–Crippen LogP) is 1.90. The topological polar surface area (TPSA) is 146 Å². The number of benzene rings is 2. The number of sulfonamides is 1. The van der Waals surface area contributed by atoms with Gasteiger partial charge in [0.1, 0.15) is 23.6 Å². The molecule has 10 nitrogen and oxygen atoms in total. The summed E-state index contributed by atoms with van der Waals surface area (Å²) >= 11 is 0. The van der Waals surface area contributed by atoms with Crippen molar-refractivity contribution in [2.24, 2.45) is 0 Å². The molecule has 0 radical (unpaired) electrons. The summed E-state index contributed by atoms with van der Waals surface area (Å²) in [5.41, 5.74) is 0.601. The van der Waals surface area contributed by atoms with Crippen molar-refractivity contribution in [2.45, 2.75) is 11.4 Å². The summed E-state index contributed by atoms with van der Waals surface area (Å²) in [5.74, 6) is -1.40. The molecule has 0 amide bonds. The van der Waals surface area contributed by atoms with Gasteiger partial charge in [0.05, 0.1) is 30.8 Å². The summed E-state index contributed by atoms with van der Waals surface area (Å²) in [5, 5.41) is 21.2. The van der Waals surface area contributed by atoms with Crippen molar-refractivity contribution in [3.8, 4) is 5.75 Å². The van der Waals surface area contributed by atoms with Gasteiger partial charge in [-0.1, -0.05) is 0 Å². The van der Waals surface area contributed by atoms with E-state index in [9.17, 15) is 23.1 Å². The molecular weight excluding hydrogens is 428 g/mol. The van der Waals surface area contributed by atoms with Crippen LogP contribution in [-0.4, -0.2) is 50.8 Å². The molecule has 0 spiro atoms. The highest BCUT2D eigenvalue weighted by atomic mass is 32.2. The largest absolute Gasteiger partial charge is 0.497 e. The molecular formula is C20H20N2O8S. The molecule has 1 heterocycles. The van der Waals surface area contributed by atoms with Crippen molar-refractivity contribution >= 4 is 38.6 Å². The number of nitrogens with one attached hydrogen (secondary N) is 1. The monoisotopic (exact) mass is 448 g/mol. The summed E-state index contributed by atoms with van der Waals surface area (Å²) in [6.45, 7) is -0.848. The van der Waals surface area contributed by atoms with Gasteiger partial charge in [-0.15, -0.1) is 0 Å². The van der Waals surface area contributed by atoms with Crippen molar-refractivity contribution in [3.63, 3.8) is 0 Å². The summed E-state index contributed by atoms with van der Waals surface area (Å²) in [6.07, 6.45) is 0. The number of hydrogen-bond donors (Lipinski definition) is 3. The number of rotatable bonds is 10. The zero-order valence-electron chi connectivity index (χ0n) is 16.4. The summed E-state index contributed by atoms with van der Waals surface area (Å²) in [7, 11) is -2.72. The van der Waals surface area contributed by atoms with Crippen LogP contribution in [0.15, 0.2) is 57.8 Å². The van der Waals surface area contributed by atoms with Gasteiger partial charge < -0.3 is 19.4 Å². The molecule has 0 aliphatic rings. The Labute approximate surface area is 177 Å². The van der Waals surface area contributed by atoms with Crippen LogP contribution in [0.5, 0.6) is 5.75 Å². The van der Waals surface area contributed by atoms with E-state index in [4.69, 9.17) is 14.3 Å². The molecule has 3 N–H and O–H groups in total. The third-order valence-corrected chi connectivity index (χ3v) is 6.13. The first-order chi connectivity index (χ1) is 14.7. The quantitative estimate of drug-likeness (QED) is 0.423. The van der Waals surface area contributed by atoms with Crippen LogP contribution in [0.3, 0.4) is 0 Å². The molecule has 3 aromatic rings. The van der Waals surface area contributed by atoms with Gasteiger partial charge in [-0.2, -0.15) is 0 Å². The van der Waals surface area contributed by atoms with Gasteiger partial charge in [-0.3, -0.25) is 19.2 Å². The molecule has 0 saturated carbocycles. The third-order valence-electron chi connectivity index (χ3n) is 4.34. The molecule has 0 atom stereocenters. The summed E-state index contributed by atoms with van der Waals surface area (Å²) in [4.78, 5) is 21.9. The Morgan fingerprint density at radius 1 is 1.06 bits per heavy atom. The van der Waals surface area contributed by atoms with Crippen molar-refractivity contribution in [1.29, 1.82) is 0 Å². The molecule has 0 fully saturated rings. The second kappa shape index (κ2) is 9.06. The normalized spacial score (nSPS) is 11.4. The number of nitrogens with zero attached hydrogens (tertiary/aromatic N) is 1. The number of fused-ring (bicyclic) bond motifs is 1. The van der Waals surface area contributed by atoms with E-state index in [1.54, 1.807) is 6.07 Å². The number of aliphatic carboxylic acids is 2. The minimum atomic E-state index is -4.17. The van der Waals surface area contributed by atoms with E-state index in [2.05, 4.69) is 5.32 Å². The smallest absolute Gasteiger partial charge is 0.324 e. The summed E-state index contributed by atoms with van der Waals surface area (Å²) < 4.78 is 37.7. The van der Waals surface area contributed by atoms with Gasteiger partial charge in [0.15, 0.2) is 0 Å². The van der Waals surface area contributed by atoms with Gasteiger partial charge in [-0.25, -0.2) is 8.42 Å². The van der Waals surface area contributed by atoms with E-state index in [0.29, 0.717) is 22.5 Å². The first-order valence-electron chi connectivity index (χ1n) is 9.04. The van der Waals surface area contributed by atoms with E-state index in [1.807, 2.05) is 0 Å². The molecule has 0 aliphatic heterocycles. The Bertz CT molecular complexity index is 1200. The van der Waals surface area contributed by atoms with Crippen molar-refractivity contribution in [1.82, 2.24) is 5.32 Å². The molecule has 0 unspecified atom stereocenters. The Balaban J connectivity index is 1.95. The first kappa shape index (κ1) is 22.1. The van der Waals surface area contributed by atoms with E-state index in [-0.39, 0.29) is 23.7 Å². The molecule has 3 rings (SSSR count). The number of carboxylic acids is 2. The minimum absolute atomic E-state index is 0.0830. The number of methoxy groups -OCH3 is 1. The van der Waals surface area contributed by atoms with E-state index in [1.165, 1.54) is 49.6 Å². The van der Waals surface area contributed by atoms with Gasteiger partial charge in [-0.05, 0) is 48.5 Å². The molecule has 2 aromatic carbocycles. The number of carboxylic acid groups (broad SMARTS) is 2. The van der Waals surface area contributed by atoms with Crippen molar-refractivity contribution in [3.05, 3.63) is 54.3 Å². The first-order valence-corrected chi connectivity index (χ1v) is 10.5. The number of hydrogen-bond acceptors (Lipinski definition) is 7. The SMILES string of the molecule is COc1ccc(S(=O)(=O)N(CC(=O)O)c2ccc3oc(CNCC(=O)O)cc3c2)cc1. The fourth-order valence-electron chi connectivity index (χ4n) is 2.93. The van der Waals surface area contributed by atoms with Gasteiger partial charge in [0, 0.05) is 5.39 Å². The Morgan fingerprint density at radius 2 is 1.77 bits per heavy atom. The van der Waals surface area contributed by atoms with Crippen LogP contribution < -0.4 is 14.4 Å². The second-order valence-electron chi connectivity index (χ2n) is 6.51. The average Bonchev–Trinajstić information content (AvgIpc) is 3.13. The fraction of sp³-hybridized carbons (Fsp3) is 0.200. The standard InChI is InChI=1S/C20H20N2O8S/c1-29-15-3-5-17(6-4-15)31(27,28)22(12-20(25)26)14-2-7-18-13(8-14)9-16(30-18)10-21-11-19(23)24/h2-9,21H,10-12H2,1H3,(H,23,24)(H,25,26). The molecule has 1 aromatic heterocycles. The lowest BCUT2D eigenvalue weighted by Crippen LogP contribution is -2.35. The molecule has 0 aliphatic carbocycles. The van der Waals surface area contributed by atoms with Crippen molar-refractivity contribution < 1.29 is 37.4 Å². The van der Waals surface area contributed by atoms with E-state index in [0.717, 1.165) is 4.31 Å². The van der Waals surface area contributed by atoms with Crippen LogP contribution in [0.25, 0.3) is 11.0 Å². The Morgan fingerprint density at radius 3 is 2.39 bits per heavy atom. The highest BCUT2D eigenvalue weighted by Crippen LogP contribution is 2.29. The van der Waals surface area contributed by atoms with Crippen LogP contribution in [-0.2, 0) is 26.2 Å². The highest BCUT2D eigenvalue weighted by molar-refractivity contribution is 7.92. The van der Waals surface area contributed by atoms with E-state index >= 15 is 0 Å². The van der Waals surface area contributed by atoms with Crippen LogP contribution in [0, 0.1) is 0 Å². The van der Waals surface area contributed by atoms with Crippen LogP contribution >= 0.6 is 0 Å². The number of furan rings is 1. The van der Waals surface area contributed by atoms with Crippen LogP contribution in [0.4, 0.5) is 5.69 Å². The Kier molecular flexibility index (Phi) is 6.47. The highest BCUT2D eigenvalue weighted by Gasteiger charge is 2.27. The maximum atomic E-state index is 13.1. The third kappa shape index (κ3) is 5.13. The molecule has 0 bridgehead atoms. The molecule has 11 heteroatoms. The average molecular weight is 448 g/mol. The lowest BCUT2D eigenvalue weighted by Gasteiger charge is -2.23. The van der Waals surface area contributed by atoms with Crippen molar-refractivity contribution in [2.75, 3.05) is 24.5 Å². The zero-order valence-corrected chi connectivity index (χ0v) is 17.3. The zero-order chi connectivity index (χ0) is 22.6.